The first-order chi connectivity index (χ1) is 11.5. The summed E-state index contributed by atoms with van der Waals surface area (Å²) in [6, 6.07) is 7.85. The molecule has 0 aromatic heterocycles. The molecule has 2 aliphatic rings. The normalized spacial score (nSPS) is 19.5. The van der Waals surface area contributed by atoms with Crippen molar-refractivity contribution in [3.05, 3.63) is 29.3 Å². The number of hydrogen-bond donors (Lipinski definition) is 0. The van der Waals surface area contributed by atoms with E-state index < -0.39 is 0 Å². The monoisotopic (exact) mass is 349 g/mol. The minimum Gasteiger partial charge on any atom is -0.368 e. The summed E-state index contributed by atoms with van der Waals surface area (Å²) in [5.41, 5.74) is 1.12. The third-order valence-corrected chi connectivity index (χ3v) is 5.29. The van der Waals surface area contributed by atoms with E-state index >= 15 is 0 Å². The Morgan fingerprint density at radius 3 is 2.25 bits per heavy atom. The molecule has 0 unspecified atom stereocenters. The third-order valence-electron chi connectivity index (χ3n) is 5.05. The maximum absolute atomic E-state index is 12.7. The molecule has 6 heteroatoms. The molecule has 5 nitrogen and oxygen atoms in total. The van der Waals surface area contributed by atoms with Gasteiger partial charge in [-0.3, -0.25) is 9.59 Å². The van der Waals surface area contributed by atoms with Gasteiger partial charge in [-0.25, -0.2) is 0 Å². The van der Waals surface area contributed by atoms with Gasteiger partial charge in [0.25, 0.3) is 0 Å². The lowest BCUT2D eigenvalue weighted by Gasteiger charge is -2.39. The maximum Gasteiger partial charge on any atom is 0.225 e. The number of hydrogen-bond acceptors (Lipinski definition) is 3. The van der Waals surface area contributed by atoms with Crippen LogP contribution in [0.2, 0.25) is 5.02 Å². The summed E-state index contributed by atoms with van der Waals surface area (Å²) >= 11 is 6.06. The van der Waals surface area contributed by atoms with Gasteiger partial charge in [-0.05, 0) is 31.0 Å². The molecule has 2 amide bonds. The maximum atomic E-state index is 12.7. The molecule has 130 valence electrons. The first-order valence-electron chi connectivity index (χ1n) is 8.59. The first kappa shape index (κ1) is 17.1. The lowest BCUT2D eigenvalue weighted by molar-refractivity contribution is -0.140. The standard InChI is InChI=1S/C18H24ClN3O2/c1-14(23)20-7-5-15(6-8-20)18(24)22-11-9-21(10-12-22)17-4-2-3-16(19)13-17/h2-4,13,15H,5-12H2,1H3. The number of carbonyl (C=O) groups excluding carboxylic acids is 2. The van der Waals surface area contributed by atoms with Crippen LogP contribution in [0.25, 0.3) is 0 Å². The van der Waals surface area contributed by atoms with Crippen LogP contribution in [0, 0.1) is 5.92 Å². The van der Waals surface area contributed by atoms with Crippen LogP contribution in [-0.4, -0.2) is 60.9 Å². The number of halogens is 1. The van der Waals surface area contributed by atoms with Crippen molar-refractivity contribution in [1.82, 2.24) is 9.80 Å². The van der Waals surface area contributed by atoms with Gasteiger partial charge in [-0.1, -0.05) is 17.7 Å². The van der Waals surface area contributed by atoms with Crippen LogP contribution in [0.15, 0.2) is 24.3 Å². The van der Waals surface area contributed by atoms with E-state index in [4.69, 9.17) is 11.6 Å². The number of piperazine rings is 1. The zero-order valence-corrected chi connectivity index (χ0v) is 14.8. The SMILES string of the molecule is CC(=O)N1CCC(C(=O)N2CCN(c3cccc(Cl)c3)CC2)CC1. The molecule has 2 heterocycles. The van der Waals surface area contributed by atoms with Gasteiger partial charge in [0, 0.05) is 62.8 Å². The number of carbonyl (C=O) groups is 2. The molecule has 0 bridgehead atoms. The summed E-state index contributed by atoms with van der Waals surface area (Å²) in [4.78, 5) is 30.2. The molecule has 1 aromatic rings. The van der Waals surface area contributed by atoms with Gasteiger partial charge in [0.1, 0.15) is 0 Å². The van der Waals surface area contributed by atoms with Crippen LogP contribution < -0.4 is 4.90 Å². The Kier molecular flexibility index (Phi) is 5.29. The molecule has 0 saturated carbocycles. The number of rotatable bonds is 2. The van der Waals surface area contributed by atoms with E-state index in [0.29, 0.717) is 13.1 Å². The van der Waals surface area contributed by atoms with E-state index in [1.54, 1.807) is 6.92 Å². The second kappa shape index (κ2) is 7.43. The Bertz CT molecular complexity index is 606. The lowest BCUT2D eigenvalue weighted by Crippen LogP contribution is -2.52. The van der Waals surface area contributed by atoms with Gasteiger partial charge in [0.2, 0.25) is 11.8 Å². The van der Waals surface area contributed by atoms with Crippen molar-refractivity contribution < 1.29 is 9.59 Å². The van der Waals surface area contributed by atoms with E-state index in [-0.39, 0.29) is 17.7 Å². The lowest BCUT2D eigenvalue weighted by atomic mass is 9.95. The van der Waals surface area contributed by atoms with Crippen molar-refractivity contribution in [2.45, 2.75) is 19.8 Å². The molecule has 24 heavy (non-hydrogen) atoms. The number of benzene rings is 1. The zero-order valence-electron chi connectivity index (χ0n) is 14.1. The predicted molar refractivity (Wildman–Crippen MR) is 95.2 cm³/mol. The minimum atomic E-state index is 0.0679. The van der Waals surface area contributed by atoms with E-state index in [1.165, 1.54) is 0 Å². The van der Waals surface area contributed by atoms with Crippen molar-refractivity contribution in [3.63, 3.8) is 0 Å². The van der Waals surface area contributed by atoms with Crippen LogP contribution in [0.4, 0.5) is 5.69 Å². The van der Waals surface area contributed by atoms with E-state index in [0.717, 1.165) is 49.7 Å². The van der Waals surface area contributed by atoms with Crippen molar-refractivity contribution in [2.24, 2.45) is 5.92 Å². The number of nitrogens with zero attached hydrogens (tertiary/aromatic N) is 3. The Balaban J connectivity index is 1.51. The molecular formula is C18H24ClN3O2. The summed E-state index contributed by atoms with van der Waals surface area (Å²) in [6.07, 6.45) is 1.57. The Morgan fingerprint density at radius 1 is 1.00 bits per heavy atom. The summed E-state index contributed by atoms with van der Waals surface area (Å²) in [5, 5.41) is 0.739. The number of piperidine rings is 1. The van der Waals surface area contributed by atoms with Gasteiger partial charge in [0.05, 0.1) is 0 Å². The number of likely N-dealkylation sites (tertiary alicyclic amines) is 1. The third kappa shape index (κ3) is 3.83. The molecule has 2 fully saturated rings. The largest absolute Gasteiger partial charge is 0.368 e. The van der Waals surface area contributed by atoms with Crippen LogP contribution in [-0.2, 0) is 9.59 Å². The fourth-order valence-electron chi connectivity index (χ4n) is 3.56. The Hall–Kier alpha value is -1.75. The quantitative estimate of drug-likeness (QED) is 0.822. The van der Waals surface area contributed by atoms with Crippen LogP contribution in [0.3, 0.4) is 0 Å². The zero-order chi connectivity index (χ0) is 17.1. The average molecular weight is 350 g/mol. The second-order valence-electron chi connectivity index (χ2n) is 6.57. The van der Waals surface area contributed by atoms with Crippen molar-refractivity contribution in [1.29, 1.82) is 0 Å². The number of amides is 2. The number of anilines is 1. The Morgan fingerprint density at radius 2 is 1.67 bits per heavy atom. The Labute approximate surface area is 148 Å². The average Bonchev–Trinajstić information content (AvgIpc) is 2.61. The molecule has 1 aromatic carbocycles. The van der Waals surface area contributed by atoms with Gasteiger partial charge in [-0.15, -0.1) is 0 Å². The summed E-state index contributed by atoms with van der Waals surface area (Å²) < 4.78 is 0. The van der Waals surface area contributed by atoms with Crippen molar-refractivity contribution in [2.75, 3.05) is 44.2 Å². The van der Waals surface area contributed by atoms with Crippen LogP contribution >= 0.6 is 11.6 Å². The highest BCUT2D eigenvalue weighted by Gasteiger charge is 2.31. The smallest absolute Gasteiger partial charge is 0.225 e. The molecule has 3 rings (SSSR count). The van der Waals surface area contributed by atoms with Gasteiger partial charge >= 0.3 is 0 Å². The molecule has 2 saturated heterocycles. The first-order valence-corrected chi connectivity index (χ1v) is 8.97. The van der Waals surface area contributed by atoms with Crippen molar-refractivity contribution in [3.8, 4) is 0 Å². The van der Waals surface area contributed by atoms with Crippen LogP contribution in [0.5, 0.6) is 0 Å². The fourth-order valence-corrected chi connectivity index (χ4v) is 3.74. The predicted octanol–water partition coefficient (Wildman–Crippen LogP) is 2.25. The second-order valence-corrected chi connectivity index (χ2v) is 7.01. The van der Waals surface area contributed by atoms with E-state index in [9.17, 15) is 9.59 Å². The molecule has 0 radical (unpaired) electrons. The topological polar surface area (TPSA) is 43.9 Å². The van der Waals surface area contributed by atoms with Gasteiger partial charge < -0.3 is 14.7 Å². The summed E-state index contributed by atoms with van der Waals surface area (Å²) in [5.74, 6) is 0.429. The van der Waals surface area contributed by atoms with Crippen molar-refractivity contribution >= 4 is 29.1 Å². The molecular weight excluding hydrogens is 326 g/mol. The fraction of sp³-hybridized carbons (Fsp3) is 0.556. The van der Waals surface area contributed by atoms with Crippen LogP contribution in [0.1, 0.15) is 19.8 Å². The molecule has 0 N–H and O–H groups in total. The van der Waals surface area contributed by atoms with Gasteiger partial charge in [-0.2, -0.15) is 0 Å². The highest BCUT2D eigenvalue weighted by molar-refractivity contribution is 6.30. The molecule has 2 aliphatic heterocycles. The van der Waals surface area contributed by atoms with E-state index in [2.05, 4.69) is 11.0 Å². The molecule has 0 atom stereocenters. The van der Waals surface area contributed by atoms with E-state index in [1.807, 2.05) is 28.0 Å². The summed E-state index contributed by atoms with van der Waals surface area (Å²) in [7, 11) is 0. The highest BCUT2D eigenvalue weighted by Crippen LogP contribution is 2.23. The van der Waals surface area contributed by atoms with Gasteiger partial charge in [0.15, 0.2) is 0 Å². The minimum absolute atomic E-state index is 0.0679. The molecule has 0 aliphatic carbocycles. The molecule has 0 spiro atoms. The summed E-state index contributed by atoms with van der Waals surface area (Å²) in [6.45, 7) is 6.16. The highest BCUT2D eigenvalue weighted by atomic mass is 35.5.